The van der Waals surface area contributed by atoms with Crippen molar-refractivity contribution in [3.8, 4) is 0 Å². The normalized spacial score (nSPS) is 11.1. The van der Waals surface area contributed by atoms with Gasteiger partial charge in [0.2, 0.25) is 0 Å². The van der Waals surface area contributed by atoms with Crippen LogP contribution in [0.1, 0.15) is 22.7 Å². The molecule has 1 atom stereocenters. The zero-order valence-electron chi connectivity index (χ0n) is 8.49. The van der Waals surface area contributed by atoms with Crippen LogP contribution in [0.2, 0.25) is 0 Å². The van der Waals surface area contributed by atoms with Crippen molar-refractivity contribution in [2.45, 2.75) is 19.9 Å². The van der Waals surface area contributed by atoms with Crippen molar-refractivity contribution in [1.29, 1.82) is 0 Å². The second-order valence-electron chi connectivity index (χ2n) is 3.20. The van der Waals surface area contributed by atoms with E-state index in [4.69, 9.17) is 11.5 Å². The van der Waals surface area contributed by atoms with E-state index in [1.165, 1.54) is 11.1 Å². The molecule has 0 aromatic heterocycles. The molecule has 0 amide bonds. The van der Waals surface area contributed by atoms with Crippen LogP contribution in [0.15, 0.2) is 18.2 Å². The summed E-state index contributed by atoms with van der Waals surface area (Å²) in [5.74, 6) is 0. The second-order valence-corrected chi connectivity index (χ2v) is 3.20. The standard InChI is InChI=1S/C10H16N2.2ClH/c1-7-3-4-8(2)9(5-7)10(12)6-11;;/h3-5,10H,6,11-12H2,1-2H3;2*1H/t10-;;/m0../s1. The molecule has 1 rings (SSSR count). The van der Waals surface area contributed by atoms with Gasteiger partial charge in [-0.3, -0.25) is 0 Å². The van der Waals surface area contributed by atoms with Gasteiger partial charge < -0.3 is 11.5 Å². The summed E-state index contributed by atoms with van der Waals surface area (Å²) in [4.78, 5) is 0. The van der Waals surface area contributed by atoms with Crippen LogP contribution in [-0.2, 0) is 0 Å². The first-order chi connectivity index (χ1) is 5.65. The lowest BCUT2D eigenvalue weighted by Gasteiger charge is -2.12. The molecule has 0 saturated carbocycles. The molecule has 4 N–H and O–H groups in total. The van der Waals surface area contributed by atoms with E-state index in [2.05, 4.69) is 32.0 Å². The van der Waals surface area contributed by atoms with Gasteiger partial charge in [0, 0.05) is 12.6 Å². The van der Waals surface area contributed by atoms with Crippen molar-refractivity contribution in [2.75, 3.05) is 6.54 Å². The smallest absolute Gasteiger partial charge is 0.0422 e. The van der Waals surface area contributed by atoms with Crippen molar-refractivity contribution in [1.82, 2.24) is 0 Å². The molecule has 1 aromatic rings. The maximum atomic E-state index is 5.84. The molecular formula is C10H18Cl2N2. The molecule has 0 saturated heterocycles. The van der Waals surface area contributed by atoms with Crippen LogP contribution >= 0.6 is 24.8 Å². The molecule has 0 unspecified atom stereocenters. The van der Waals surface area contributed by atoms with Crippen molar-refractivity contribution in [3.63, 3.8) is 0 Å². The Hall–Kier alpha value is -0.280. The van der Waals surface area contributed by atoms with Gasteiger partial charge in [-0.1, -0.05) is 23.8 Å². The van der Waals surface area contributed by atoms with Gasteiger partial charge in [-0.2, -0.15) is 0 Å². The van der Waals surface area contributed by atoms with Gasteiger partial charge in [-0.15, -0.1) is 24.8 Å². The Kier molecular flexibility index (Phi) is 8.16. The molecule has 2 nitrogen and oxygen atoms in total. The monoisotopic (exact) mass is 236 g/mol. The minimum Gasteiger partial charge on any atom is -0.329 e. The third kappa shape index (κ3) is 3.84. The summed E-state index contributed by atoms with van der Waals surface area (Å²) >= 11 is 0. The lowest BCUT2D eigenvalue weighted by Crippen LogP contribution is -2.21. The molecule has 0 aliphatic heterocycles. The van der Waals surface area contributed by atoms with Crippen LogP contribution < -0.4 is 11.5 Å². The quantitative estimate of drug-likeness (QED) is 0.827. The molecule has 0 spiro atoms. The summed E-state index contributed by atoms with van der Waals surface area (Å²) in [6.45, 7) is 4.63. The topological polar surface area (TPSA) is 52.0 Å². The predicted octanol–water partition coefficient (Wildman–Crippen LogP) is 2.11. The van der Waals surface area contributed by atoms with Gasteiger partial charge >= 0.3 is 0 Å². The molecule has 0 bridgehead atoms. The zero-order valence-corrected chi connectivity index (χ0v) is 10.1. The van der Waals surface area contributed by atoms with Crippen molar-refractivity contribution in [3.05, 3.63) is 34.9 Å². The molecule has 14 heavy (non-hydrogen) atoms. The van der Waals surface area contributed by atoms with Crippen LogP contribution in [-0.4, -0.2) is 6.54 Å². The van der Waals surface area contributed by atoms with Crippen molar-refractivity contribution < 1.29 is 0 Å². The first-order valence-electron chi connectivity index (χ1n) is 4.18. The molecular weight excluding hydrogens is 219 g/mol. The van der Waals surface area contributed by atoms with Crippen LogP contribution in [0.25, 0.3) is 0 Å². The lowest BCUT2D eigenvalue weighted by atomic mass is 10.00. The highest BCUT2D eigenvalue weighted by molar-refractivity contribution is 5.85. The number of halogens is 2. The van der Waals surface area contributed by atoms with Crippen molar-refractivity contribution in [2.24, 2.45) is 11.5 Å². The molecule has 82 valence electrons. The van der Waals surface area contributed by atoms with Crippen LogP contribution in [0.5, 0.6) is 0 Å². The third-order valence-electron chi connectivity index (χ3n) is 2.09. The number of rotatable bonds is 2. The summed E-state index contributed by atoms with van der Waals surface area (Å²) in [7, 11) is 0. The Morgan fingerprint density at radius 2 is 1.79 bits per heavy atom. The molecule has 1 aromatic carbocycles. The van der Waals surface area contributed by atoms with Crippen molar-refractivity contribution >= 4 is 24.8 Å². The molecule has 0 aliphatic carbocycles. The fraction of sp³-hybridized carbons (Fsp3) is 0.400. The van der Waals surface area contributed by atoms with E-state index >= 15 is 0 Å². The fourth-order valence-electron chi connectivity index (χ4n) is 1.29. The fourth-order valence-corrected chi connectivity index (χ4v) is 1.29. The minimum atomic E-state index is -0.0232. The third-order valence-corrected chi connectivity index (χ3v) is 2.09. The van der Waals surface area contributed by atoms with E-state index in [1.807, 2.05) is 0 Å². The second kappa shape index (κ2) is 7.07. The van der Waals surface area contributed by atoms with Gasteiger partial charge in [-0.05, 0) is 25.0 Å². The highest BCUT2D eigenvalue weighted by Gasteiger charge is 2.05. The van der Waals surface area contributed by atoms with Crippen LogP contribution in [0, 0.1) is 13.8 Å². The largest absolute Gasteiger partial charge is 0.329 e. The number of hydrogen-bond donors (Lipinski definition) is 2. The first kappa shape index (κ1) is 16.2. The summed E-state index contributed by atoms with van der Waals surface area (Å²) in [5, 5.41) is 0. The van der Waals surface area contributed by atoms with Gasteiger partial charge in [-0.25, -0.2) is 0 Å². The molecule has 0 aliphatic rings. The number of benzene rings is 1. The Bertz CT molecular complexity index is 277. The first-order valence-corrected chi connectivity index (χ1v) is 4.18. The Labute approximate surface area is 97.9 Å². The van der Waals surface area contributed by atoms with Crippen LogP contribution in [0.3, 0.4) is 0 Å². The number of aryl methyl sites for hydroxylation is 2. The summed E-state index contributed by atoms with van der Waals surface area (Å²) in [5.41, 5.74) is 15.0. The SMILES string of the molecule is Cc1ccc(C)c([C@@H](N)CN)c1.Cl.Cl. The Morgan fingerprint density at radius 1 is 1.21 bits per heavy atom. The Balaban J connectivity index is 0. The molecule has 4 heteroatoms. The average Bonchev–Trinajstić information content (AvgIpc) is 2.08. The zero-order chi connectivity index (χ0) is 9.14. The maximum absolute atomic E-state index is 5.84. The maximum Gasteiger partial charge on any atom is 0.0422 e. The van der Waals surface area contributed by atoms with Gasteiger partial charge in [0.25, 0.3) is 0 Å². The van der Waals surface area contributed by atoms with Gasteiger partial charge in [0.05, 0.1) is 0 Å². The Morgan fingerprint density at radius 3 is 2.29 bits per heavy atom. The summed E-state index contributed by atoms with van der Waals surface area (Å²) < 4.78 is 0. The highest BCUT2D eigenvalue weighted by atomic mass is 35.5. The number of nitrogens with two attached hydrogens (primary N) is 2. The van der Waals surface area contributed by atoms with E-state index < -0.39 is 0 Å². The van der Waals surface area contributed by atoms with Gasteiger partial charge in [0.15, 0.2) is 0 Å². The van der Waals surface area contributed by atoms with Gasteiger partial charge in [0.1, 0.15) is 0 Å². The average molecular weight is 237 g/mol. The molecule has 0 fully saturated rings. The lowest BCUT2D eigenvalue weighted by molar-refractivity contribution is 0.731. The van der Waals surface area contributed by atoms with E-state index in [1.54, 1.807) is 0 Å². The van der Waals surface area contributed by atoms with E-state index in [0.29, 0.717) is 6.54 Å². The predicted molar refractivity (Wildman–Crippen MR) is 66.4 cm³/mol. The van der Waals surface area contributed by atoms with E-state index in [9.17, 15) is 0 Å². The molecule has 0 heterocycles. The van der Waals surface area contributed by atoms with Crippen LogP contribution in [0.4, 0.5) is 0 Å². The highest BCUT2D eigenvalue weighted by Crippen LogP contribution is 2.16. The summed E-state index contributed by atoms with van der Waals surface area (Å²) in [6.07, 6.45) is 0. The number of hydrogen-bond acceptors (Lipinski definition) is 2. The molecule has 0 radical (unpaired) electrons. The minimum absolute atomic E-state index is 0. The van der Waals surface area contributed by atoms with E-state index in [-0.39, 0.29) is 30.9 Å². The van der Waals surface area contributed by atoms with E-state index in [0.717, 1.165) is 5.56 Å². The summed E-state index contributed by atoms with van der Waals surface area (Å²) in [6, 6.07) is 6.25.